The van der Waals surface area contributed by atoms with E-state index >= 15 is 0 Å². The van der Waals surface area contributed by atoms with Crippen molar-refractivity contribution in [3.8, 4) is 33.9 Å². The predicted octanol–water partition coefficient (Wildman–Crippen LogP) is 17.4. The fourth-order valence-electron chi connectivity index (χ4n) is 11.2. The van der Waals surface area contributed by atoms with Crippen molar-refractivity contribution in [2.24, 2.45) is 0 Å². The Morgan fingerprint density at radius 1 is 0.271 bits per heavy atom. The third-order valence-corrected chi connectivity index (χ3v) is 15.5. The number of fused-ring (bicyclic) bond motifs is 10. The van der Waals surface area contributed by atoms with Crippen molar-refractivity contribution in [3.05, 3.63) is 249 Å². The summed E-state index contributed by atoms with van der Waals surface area (Å²) in [5.74, 6) is 0. The van der Waals surface area contributed by atoms with Crippen LogP contribution in [0, 0.1) is 0 Å². The van der Waals surface area contributed by atoms with Crippen molar-refractivity contribution in [1.82, 2.24) is 18.3 Å². The fraction of sp³-hybridized carbons (Fsp3) is 0. The van der Waals surface area contributed by atoms with E-state index in [9.17, 15) is 0 Å². The van der Waals surface area contributed by atoms with Gasteiger partial charge in [0.1, 0.15) is 0 Å². The minimum atomic E-state index is 1.12. The van der Waals surface area contributed by atoms with Gasteiger partial charge in [-0.2, -0.15) is 0 Å². The monoisotopic (exact) mass is 911 g/mol. The van der Waals surface area contributed by atoms with E-state index in [1.807, 2.05) is 11.8 Å². The lowest BCUT2D eigenvalue weighted by Crippen LogP contribution is -2.15. The lowest BCUT2D eigenvalue weighted by Gasteiger charge is -2.33. The molecule has 328 valence electrons. The smallest absolute Gasteiger partial charge is 0.0622 e. The Kier molecular flexibility index (Phi) is 8.52. The molecule has 1 aliphatic heterocycles. The molecule has 70 heavy (non-hydrogen) atoms. The molecule has 10 aromatic carbocycles. The van der Waals surface area contributed by atoms with Gasteiger partial charge in [-0.15, -0.1) is 0 Å². The molecule has 0 bridgehead atoms. The Hall–Kier alpha value is -8.97. The van der Waals surface area contributed by atoms with E-state index in [2.05, 4.69) is 272 Å². The average molecular weight is 912 g/mol. The Balaban J connectivity index is 0.856. The van der Waals surface area contributed by atoms with Crippen LogP contribution in [0.4, 0.5) is 17.1 Å². The van der Waals surface area contributed by atoms with Gasteiger partial charge in [0.05, 0.1) is 44.5 Å². The molecular formula is C64H41N5S. The highest BCUT2D eigenvalue weighted by molar-refractivity contribution is 7.99. The normalized spacial score (nSPS) is 12.5. The molecule has 0 amide bonds. The first-order valence-electron chi connectivity index (χ1n) is 23.8. The molecule has 1 aliphatic rings. The Labute approximate surface area is 407 Å². The minimum absolute atomic E-state index is 1.12. The number of para-hydroxylation sites is 5. The molecule has 0 aliphatic carbocycles. The van der Waals surface area contributed by atoms with Crippen LogP contribution in [0.5, 0.6) is 0 Å². The highest BCUT2D eigenvalue weighted by Crippen LogP contribution is 2.53. The standard InChI is InChI=1S/C64H41N5S/c1-3-17-46(18-4-1)65-33-32-45-38-64-62(41-60(45)65)69(58-27-11-12-28-63(58)70-64)50-22-14-16-43(36-50)42-15-13-21-49(35-42)68-56-26-10-7-23-51(56)53-37-44-31-34-66(59(44)40-61(53)68)48-29-30-57-54(39-48)52-24-8-9-25-55(52)67(57)47-19-5-2-6-20-47/h1-41H. The summed E-state index contributed by atoms with van der Waals surface area (Å²) < 4.78 is 9.48. The van der Waals surface area contributed by atoms with Crippen LogP contribution in [0.3, 0.4) is 0 Å². The number of nitrogens with zero attached hydrogens (tertiary/aromatic N) is 5. The molecule has 0 spiro atoms. The van der Waals surface area contributed by atoms with E-state index in [0.29, 0.717) is 0 Å². The summed E-state index contributed by atoms with van der Waals surface area (Å²) in [5, 5.41) is 7.39. The molecule has 0 radical (unpaired) electrons. The molecule has 5 heterocycles. The number of anilines is 3. The summed E-state index contributed by atoms with van der Waals surface area (Å²) in [7, 11) is 0. The first-order valence-corrected chi connectivity index (χ1v) is 24.6. The quantitative estimate of drug-likeness (QED) is 0.166. The zero-order chi connectivity index (χ0) is 45.9. The topological polar surface area (TPSA) is 23.0 Å². The molecule has 0 fully saturated rings. The van der Waals surface area contributed by atoms with Crippen molar-refractivity contribution >= 4 is 94.2 Å². The second-order valence-electron chi connectivity index (χ2n) is 18.3. The van der Waals surface area contributed by atoms with Crippen molar-refractivity contribution < 1.29 is 0 Å². The average Bonchev–Trinajstić information content (AvgIpc) is 4.20. The summed E-state index contributed by atoms with van der Waals surface area (Å²) >= 11 is 1.85. The first kappa shape index (κ1) is 39.1. The van der Waals surface area contributed by atoms with E-state index in [-0.39, 0.29) is 0 Å². The molecule has 0 saturated heterocycles. The lowest BCUT2D eigenvalue weighted by molar-refractivity contribution is 1.12. The zero-order valence-electron chi connectivity index (χ0n) is 37.8. The van der Waals surface area contributed by atoms with Gasteiger partial charge in [0.15, 0.2) is 0 Å². The summed E-state index contributed by atoms with van der Waals surface area (Å²) in [6.07, 6.45) is 4.41. The van der Waals surface area contributed by atoms with Gasteiger partial charge >= 0.3 is 0 Å². The van der Waals surface area contributed by atoms with E-state index < -0.39 is 0 Å². The number of hydrogen-bond donors (Lipinski definition) is 0. The number of aromatic nitrogens is 4. The first-order chi connectivity index (χ1) is 34.7. The molecule has 4 aromatic heterocycles. The van der Waals surface area contributed by atoms with Crippen LogP contribution in [-0.2, 0) is 0 Å². The highest BCUT2D eigenvalue weighted by atomic mass is 32.2. The predicted molar refractivity (Wildman–Crippen MR) is 293 cm³/mol. The molecule has 0 unspecified atom stereocenters. The fourth-order valence-corrected chi connectivity index (χ4v) is 12.3. The maximum atomic E-state index is 2.45. The van der Waals surface area contributed by atoms with Crippen LogP contribution in [0.1, 0.15) is 0 Å². The molecule has 0 saturated carbocycles. The van der Waals surface area contributed by atoms with E-state index in [1.54, 1.807) is 0 Å². The molecule has 0 atom stereocenters. The maximum Gasteiger partial charge on any atom is 0.0622 e. The maximum absolute atomic E-state index is 2.45. The van der Waals surface area contributed by atoms with Gasteiger partial charge in [0, 0.05) is 82.9 Å². The SMILES string of the molecule is c1ccc(-n2ccc3cc4c(cc32)N(c2cccc(-c3cccc(-n5c6ccccc6c6cc7ccn(-c8ccc9c(c8)c8ccccc8n9-c8ccccc8)c7cc65)c3)c2)c2ccccc2S4)cc1. The number of benzene rings is 10. The van der Waals surface area contributed by atoms with Crippen molar-refractivity contribution in [2.75, 3.05) is 4.90 Å². The minimum Gasteiger partial charge on any atom is -0.316 e. The van der Waals surface area contributed by atoms with Crippen LogP contribution in [0.2, 0.25) is 0 Å². The lowest BCUT2D eigenvalue weighted by atomic mass is 10.0. The highest BCUT2D eigenvalue weighted by Gasteiger charge is 2.27. The van der Waals surface area contributed by atoms with Crippen molar-refractivity contribution in [1.29, 1.82) is 0 Å². The molecule has 6 heteroatoms. The van der Waals surface area contributed by atoms with Gasteiger partial charge in [-0.3, -0.25) is 0 Å². The van der Waals surface area contributed by atoms with Gasteiger partial charge in [0.2, 0.25) is 0 Å². The van der Waals surface area contributed by atoms with E-state index in [0.717, 1.165) is 39.6 Å². The second kappa shape index (κ2) is 15.3. The summed E-state index contributed by atoms with van der Waals surface area (Å²) in [6, 6.07) is 86.6. The van der Waals surface area contributed by atoms with Crippen LogP contribution in [-0.4, -0.2) is 18.3 Å². The second-order valence-corrected chi connectivity index (χ2v) is 19.3. The van der Waals surface area contributed by atoms with Crippen LogP contribution < -0.4 is 4.90 Å². The van der Waals surface area contributed by atoms with Crippen molar-refractivity contribution in [3.63, 3.8) is 0 Å². The van der Waals surface area contributed by atoms with E-state index in [1.165, 1.54) is 86.6 Å². The van der Waals surface area contributed by atoms with Gasteiger partial charge in [-0.05, 0) is 139 Å². The number of rotatable bonds is 6. The molecule has 5 nitrogen and oxygen atoms in total. The zero-order valence-corrected chi connectivity index (χ0v) is 38.6. The third kappa shape index (κ3) is 5.93. The van der Waals surface area contributed by atoms with Crippen molar-refractivity contribution in [2.45, 2.75) is 9.79 Å². The summed E-state index contributed by atoms with van der Waals surface area (Å²) in [4.78, 5) is 4.93. The van der Waals surface area contributed by atoms with E-state index in [4.69, 9.17) is 0 Å². The number of hydrogen-bond acceptors (Lipinski definition) is 2. The van der Waals surface area contributed by atoms with Gasteiger partial charge in [0.25, 0.3) is 0 Å². The summed E-state index contributed by atoms with van der Waals surface area (Å²) in [5.41, 5.74) is 17.5. The van der Waals surface area contributed by atoms with Crippen LogP contribution >= 0.6 is 11.8 Å². The third-order valence-electron chi connectivity index (χ3n) is 14.3. The van der Waals surface area contributed by atoms with Gasteiger partial charge in [-0.25, -0.2) is 0 Å². The Morgan fingerprint density at radius 2 is 0.829 bits per heavy atom. The Bertz CT molecular complexity index is 4400. The molecule has 14 aromatic rings. The molecular weight excluding hydrogens is 871 g/mol. The van der Waals surface area contributed by atoms with Crippen LogP contribution in [0.25, 0.3) is 99.3 Å². The van der Waals surface area contributed by atoms with Crippen LogP contribution in [0.15, 0.2) is 259 Å². The summed E-state index contributed by atoms with van der Waals surface area (Å²) in [6.45, 7) is 0. The molecule has 15 rings (SSSR count). The molecule has 0 N–H and O–H groups in total. The van der Waals surface area contributed by atoms with Gasteiger partial charge < -0.3 is 23.2 Å². The van der Waals surface area contributed by atoms with Gasteiger partial charge in [-0.1, -0.05) is 121 Å². The Morgan fingerprint density at radius 3 is 1.59 bits per heavy atom. The largest absolute Gasteiger partial charge is 0.316 e.